The molecule has 0 radical (unpaired) electrons. The van der Waals surface area contributed by atoms with Crippen molar-refractivity contribution in [1.82, 2.24) is 15.2 Å². The highest BCUT2D eigenvalue weighted by atomic mass is 16.6. The van der Waals surface area contributed by atoms with Crippen molar-refractivity contribution in [3.8, 4) is 16.9 Å². The summed E-state index contributed by atoms with van der Waals surface area (Å²) in [5.74, 6) is -0.408. The third-order valence-corrected chi connectivity index (χ3v) is 6.20. The highest BCUT2D eigenvalue weighted by Crippen LogP contribution is 2.23. The number of carbonyl (C=O) groups excluding carboxylic acids is 3. The summed E-state index contributed by atoms with van der Waals surface area (Å²) in [4.78, 5) is 48.1. The van der Waals surface area contributed by atoms with E-state index in [9.17, 15) is 19.5 Å². The average molecular weight is 546 g/mol. The van der Waals surface area contributed by atoms with Crippen LogP contribution < -0.4 is 15.4 Å². The zero-order chi connectivity index (χ0) is 28.5. The number of aromatic nitrogens is 1. The van der Waals surface area contributed by atoms with Gasteiger partial charge in [0, 0.05) is 43.5 Å². The molecule has 0 bridgehead atoms. The van der Waals surface area contributed by atoms with E-state index in [1.165, 1.54) is 18.9 Å². The van der Waals surface area contributed by atoms with Crippen LogP contribution in [0.4, 0.5) is 5.69 Å². The van der Waals surface area contributed by atoms with Crippen LogP contribution in [0.5, 0.6) is 5.75 Å². The molecule has 3 amide bonds. The molecular formula is C29H31N5O6. The number of hydrogen-bond acceptors (Lipinski definition) is 8. The van der Waals surface area contributed by atoms with E-state index >= 15 is 0 Å². The predicted molar refractivity (Wildman–Crippen MR) is 149 cm³/mol. The van der Waals surface area contributed by atoms with Crippen LogP contribution in [0.25, 0.3) is 11.1 Å². The Hall–Kier alpha value is -4.77. The van der Waals surface area contributed by atoms with Gasteiger partial charge in [0.05, 0.1) is 12.3 Å². The Kier molecular flexibility index (Phi) is 9.42. The van der Waals surface area contributed by atoms with Gasteiger partial charge in [-0.15, -0.1) is 0 Å². The summed E-state index contributed by atoms with van der Waals surface area (Å²) in [5.41, 5.74) is 3.47. The van der Waals surface area contributed by atoms with Gasteiger partial charge in [-0.05, 0) is 53.6 Å². The van der Waals surface area contributed by atoms with Crippen LogP contribution in [0, 0.1) is 0 Å². The molecule has 2 aromatic carbocycles. The first-order chi connectivity index (χ1) is 19.3. The smallest absolute Gasteiger partial charge is 0.254 e. The normalized spacial score (nSPS) is 16.3. The van der Waals surface area contributed by atoms with Crippen LogP contribution in [-0.4, -0.2) is 77.4 Å². The van der Waals surface area contributed by atoms with Crippen molar-refractivity contribution in [2.45, 2.75) is 25.5 Å². The lowest BCUT2D eigenvalue weighted by Crippen LogP contribution is -2.48. The second kappa shape index (κ2) is 13.3. The molecule has 208 valence electrons. The molecule has 1 aliphatic heterocycles. The zero-order valence-electron chi connectivity index (χ0n) is 22.2. The number of ether oxygens (including phenoxy) is 1. The number of rotatable bonds is 10. The van der Waals surface area contributed by atoms with E-state index < -0.39 is 18.1 Å². The first kappa shape index (κ1) is 28.2. The Morgan fingerprint density at radius 2 is 1.85 bits per heavy atom. The van der Waals surface area contributed by atoms with Crippen molar-refractivity contribution in [1.29, 1.82) is 0 Å². The highest BCUT2D eigenvalue weighted by Gasteiger charge is 2.38. The molecule has 1 saturated heterocycles. The number of anilines is 1. The Morgan fingerprint density at radius 3 is 2.50 bits per heavy atom. The number of aliphatic hydroxyl groups is 1. The molecule has 0 aliphatic carbocycles. The van der Waals surface area contributed by atoms with Crippen molar-refractivity contribution in [2.24, 2.45) is 5.16 Å². The fourth-order valence-electron chi connectivity index (χ4n) is 4.28. The molecule has 1 fully saturated rings. The first-order valence-corrected chi connectivity index (χ1v) is 12.7. The molecule has 2 atom stereocenters. The van der Waals surface area contributed by atoms with Gasteiger partial charge < -0.3 is 30.2 Å². The number of benzene rings is 2. The van der Waals surface area contributed by atoms with Gasteiger partial charge in [0.15, 0.2) is 0 Å². The number of aliphatic hydroxyl groups excluding tert-OH is 1. The van der Waals surface area contributed by atoms with Crippen molar-refractivity contribution in [3.63, 3.8) is 0 Å². The molecule has 0 saturated carbocycles. The maximum atomic E-state index is 13.4. The predicted octanol–water partition coefficient (Wildman–Crippen LogP) is 2.48. The quantitative estimate of drug-likeness (QED) is 0.332. The van der Waals surface area contributed by atoms with E-state index in [0.29, 0.717) is 22.7 Å². The summed E-state index contributed by atoms with van der Waals surface area (Å²) in [6, 6.07) is 16.8. The number of carbonyl (C=O) groups is 3. The van der Waals surface area contributed by atoms with E-state index in [4.69, 9.17) is 9.57 Å². The van der Waals surface area contributed by atoms with Gasteiger partial charge >= 0.3 is 0 Å². The number of likely N-dealkylation sites (tertiary alicyclic amines) is 1. The fraction of sp³-hybridized carbons (Fsp3) is 0.276. The lowest BCUT2D eigenvalue weighted by molar-refractivity contribution is -0.125. The van der Waals surface area contributed by atoms with Crippen molar-refractivity contribution >= 4 is 29.1 Å². The Bertz CT molecular complexity index is 1350. The molecule has 11 heteroatoms. The van der Waals surface area contributed by atoms with Crippen LogP contribution in [-0.2, 0) is 14.4 Å². The van der Waals surface area contributed by atoms with Crippen molar-refractivity contribution < 1.29 is 29.1 Å². The maximum Gasteiger partial charge on any atom is 0.254 e. The summed E-state index contributed by atoms with van der Waals surface area (Å²) in [6.45, 7) is 1.43. The Labute approximate surface area is 231 Å². The second-order valence-corrected chi connectivity index (χ2v) is 9.23. The van der Waals surface area contributed by atoms with Gasteiger partial charge in [-0.2, -0.15) is 0 Å². The van der Waals surface area contributed by atoms with Gasteiger partial charge in [-0.1, -0.05) is 23.4 Å². The Morgan fingerprint density at radius 1 is 1.10 bits per heavy atom. The Balaban J connectivity index is 1.34. The van der Waals surface area contributed by atoms with Crippen LogP contribution >= 0.6 is 0 Å². The molecule has 3 aromatic rings. The molecular weight excluding hydrogens is 514 g/mol. The van der Waals surface area contributed by atoms with E-state index in [2.05, 4.69) is 20.8 Å². The van der Waals surface area contributed by atoms with Gasteiger partial charge in [0.1, 0.15) is 31.6 Å². The van der Waals surface area contributed by atoms with E-state index in [-0.39, 0.29) is 37.9 Å². The lowest BCUT2D eigenvalue weighted by Gasteiger charge is -2.24. The van der Waals surface area contributed by atoms with Gasteiger partial charge in [0.2, 0.25) is 11.8 Å². The lowest BCUT2D eigenvalue weighted by atomic mass is 10.0. The molecule has 0 spiro atoms. The maximum absolute atomic E-state index is 13.4. The number of pyridine rings is 1. The zero-order valence-corrected chi connectivity index (χ0v) is 22.2. The standard InChI is InChI=1S/C29H31N5O6/c1-19(35)32-23-9-11-26(12-10-23)40-18-25(36)16-31-28(37)27-14-24(33-39-2)17-34(27)29(38)21-7-5-20(6-8-21)22-4-3-13-30-15-22/h3-13,15,25,27,36H,14,16-18H2,1-2H3,(H,31,37)(H,32,35)/b33-24-/t25-,27?/m0/s1. The molecule has 4 rings (SSSR count). The molecule has 11 nitrogen and oxygen atoms in total. The summed E-state index contributed by atoms with van der Waals surface area (Å²) < 4.78 is 5.58. The monoisotopic (exact) mass is 545 g/mol. The highest BCUT2D eigenvalue weighted by molar-refractivity contribution is 6.05. The van der Waals surface area contributed by atoms with Gasteiger partial charge in [0.25, 0.3) is 5.91 Å². The number of nitrogens with zero attached hydrogens (tertiary/aromatic N) is 3. The number of amides is 3. The van der Waals surface area contributed by atoms with Crippen LogP contribution in [0.3, 0.4) is 0 Å². The van der Waals surface area contributed by atoms with Crippen LogP contribution in [0.2, 0.25) is 0 Å². The number of oxime groups is 1. The summed E-state index contributed by atoms with van der Waals surface area (Å²) >= 11 is 0. The fourth-order valence-corrected chi connectivity index (χ4v) is 4.28. The van der Waals surface area contributed by atoms with E-state index in [1.807, 2.05) is 24.3 Å². The van der Waals surface area contributed by atoms with E-state index in [1.54, 1.807) is 48.8 Å². The molecule has 1 aromatic heterocycles. The molecule has 3 N–H and O–H groups in total. The topological polar surface area (TPSA) is 142 Å². The summed E-state index contributed by atoms with van der Waals surface area (Å²) in [5, 5.41) is 19.7. The average Bonchev–Trinajstić information content (AvgIpc) is 3.39. The van der Waals surface area contributed by atoms with Crippen molar-refractivity contribution in [2.75, 3.05) is 32.1 Å². The number of hydrogen-bond donors (Lipinski definition) is 3. The molecule has 1 unspecified atom stereocenters. The minimum atomic E-state index is -0.989. The van der Waals surface area contributed by atoms with Crippen LogP contribution in [0.1, 0.15) is 23.7 Å². The van der Waals surface area contributed by atoms with Gasteiger partial charge in [-0.3, -0.25) is 19.4 Å². The van der Waals surface area contributed by atoms with Gasteiger partial charge in [-0.25, -0.2) is 0 Å². The molecule has 40 heavy (non-hydrogen) atoms. The molecule has 2 heterocycles. The minimum Gasteiger partial charge on any atom is -0.491 e. The second-order valence-electron chi connectivity index (χ2n) is 9.23. The third-order valence-electron chi connectivity index (χ3n) is 6.20. The number of nitrogens with one attached hydrogen (secondary N) is 2. The largest absolute Gasteiger partial charge is 0.491 e. The first-order valence-electron chi connectivity index (χ1n) is 12.7. The minimum absolute atomic E-state index is 0.0628. The van der Waals surface area contributed by atoms with E-state index in [0.717, 1.165) is 11.1 Å². The van der Waals surface area contributed by atoms with Crippen molar-refractivity contribution in [3.05, 3.63) is 78.6 Å². The summed E-state index contributed by atoms with van der Waals surface area (Å²) in [6.07, 6.45) is 2.66. The third kappa shape index (κ3) is 7.41. The van der Waals surface area contributed by atoms with Crippen LogP contribution in [0.15, 0.2) is 78.2 Å². The SMILES string of the molecule is CO/N=C1/CC(C(=O)NC[C@H](O)COc2ccc(NC(C)=O)cc2)N(C(=O)c2ccc(-c3cccnc3)cc2)C1. The molecule has 1 aliphatic rings. The summed E-state index contributed by atoms with van der Waals surface area (Å²) in [7, 11) is 1.41.